The average Bonchev–Trinajstić information content (AvgIpc) is 2.67. The van der Waals surface area contributed by atoms with Crippen LogP contribution in [0, 0.1) is 6.92 Å². The van der Waals surface area contributed by atoms with Gasteiger partial charge in [0.2, 0.25) is 0 Å². The summed E-state index contributed by atoms with van der Waals surface area (Å²) in [5, 5.41) is 1.65. The Kier molecular flexibility index (Phi) is 2.56. The highest BCUT2D eigenvalue weighted by molar-refractivity contribution is 6.31. The van der Waals surface area contributed by atoms with Gasteiger partial charge in [0.15, 0.2) is 0 Å². The fraction of sp³-hybridized carbons (Fsp3) is 0.143. The number of halogens is 1. The van der Waals surface area contributed by atoms with E-state index >= 15 is 0 Å². The van der Waals surface area contributed by atoms with E-state index in [9.17, 15) is 0 Å². The highest BCUT2D eigenvalue weighted by Gasteiger charge is 2.11. The van der Waals surface area contributed by atoms with Crippen molar-refractivity contribution in [1.29, 1.82) is 0 Å². The summed E-state index contributed by atoms with van der Waals surface area (Å²) < 4.78 is 1.86. The molecule has 3 rings (SSSR count). The lowest BCUT2D eigenvalue weighted by Crippen LogP contribution is -1.92. The van der Waals surface area contributed by atoms with Crippen LogP contribution in [0.15, 0.2) is 36.7 Å². The summed E-state index contributed by atoms with van der Waals surface area (Å²) in [6.07, 6.45) is 1.58. The van der Waals surface area contributed by atoms with Gasteiger partial charge in [-0.3, -0.25) is 0 Å². The molecule has 0 saturated carbocycles. The summed E-state index contributed by atoms with van der Waals surface area (Å²) >= 11 is 6.13. The molecule has 1 aromatic carbocycles. The van der Waals surface area contributed by atoms with Crippen LogP contribution >= 0.6 is 11.6 Å². The van der Waals surface area contributed by atoms with Gasteiger partial charge >= 0.3 is 0 Å². The molecule has 0 aliphatic carbocycles. The second-order valence-corrected chi connectivity index (χ2v) is 4.74. The fourth-order valence-electron chi connectivity index (χ4n) is 2.05. The molecule has 0 N–H and O–H groups in total. The Morgan fingerprint density at radius 2 is 1.83 bits per heavy atom. The van der Waals surface area contributed by atoms with Crippen molar-refractivity contribution >= 4 is 22.6 Å². The van der Waals surface area contributed by atoms with Gasteiger partial charge < -0.3 is 4.57 Å². The van der Waals surface area contributed by atoms with E-state index in [1.165, 1.54) is 5.56 Å². The van der Waals surface area contributed by atoms with Crippen molar-refractivity contribution in [2.75, 3.05) is 0 Å². The summed E-state index contributed by atoms with van der Waals surface area (Å²) in [4.78, 5) is 8.65. The van der Waals surface area contributed by atoms with Crippen LogP contribution in [0.25, 0.3) is 22.3 Å². The number of fused-ring (bicyclic) bond motifs is 1. The molecule has 0 amide bonds. The fourth-order valence-corrected chi connectivity index (χ4v) is 2.23. The number of benzene rings is 1. The molecule has 3 nitrogen and oxygen atoms in total. The molecule has 90 valence electrons. The molecule has 2 heterocycles. The van der Waals surface area contributed by atoms with Crippen LogP contribution in [0.4, 0.5) is 0 Å². The third-order valence-electron chi connectivity index (χ3n) is 3.09. The summed E-state index contributed by atoms with van der Waals surface area (Å²) in [6, 6.07) is 10.2. The Labute approximate surface area is 110 Å². The topological polar surface area (TPSA) is 30.7 Å². The summed E-state index contributed by atoms with van der Waals surface area (Å²) in [7, 11) is 1.90. The maximum absolute atomic E-state index is 6.13. The van der Waals surface area contributed by atoms with Crippen molar-refractivity contribution in [3.63, 3.8) is 0 Å². The first-order chi connectivity index (χ1) is 8.66. The first-order valence-corrected chi connectivity index (χ1v) is 6.07. The van der Waals surface area contributed by atoms with Gasteiger partial charge in [0, 0.05) is 18.0 Å². The highest BCUT2D eigenvalue weighted by Crippen LogP contribution is 2.29. The molecular formula is C14H12ClN3. The van der Waals surface area contributed by atoms with E-state index < -0.39 is 0 Å². The molecule has 4 heteroatoms. The summed E-state index contributed by atoms with van der Waals surface area (Å²) in [5.41, 5.74) is 4.08. The van der Waals surface area contributed by atoms with Gasteiger partial charge in [-0.05, 0) is 13.0 Å². The molecular weight excluding hydrogens is 246 g/mol. The van der Waals surface area contributed by atoms with E-state index in [1.54, 1.807) is 6.33 Å². The Bertz CT molecular complexity index is 714. The molecule has 0 radical (unpaired) electrons. The highest BCUT2D eigenvalue weighted by atomic mass is 35.5. The van der Waals surface area contributed by atoms with Gasteiger partial charge in [-0.25, -0.2) is 9.97 Å². The molecule has 2 aromatic heterocycles. The van der Waals surface area contributed by atoms with Gasteiger partial charge in [0.1, 0.15) is 17.1 Å². The van der Waals surface area contributed by atoms with Crippen LogP contribution in [0.5, 0.6) is 0 Å². The first-order valence-electron chi connectivity index (χ1n) is 5.70. The van der Waals surface area contributed by atoms with Crippen molar-refractivity contribution in [2.24, 2.45) is 7.05 Å². The molecule has 0 spiro atoms. The van der Waals surface area contributed by atoms with E-state index in [4.69, 9.17) is 11.6 Å². The summed E-state index contributed by atoms with van der Waals surface area (Å²) in [6.45, 7) is 2.07. The molecule has 3 aromatic rings. The van der Waals surface area contributed by atoms with Crippen molar-refractivity contribution in [3.8, 4) is 11.3 Å². The molecule has 0 aliphatic rings. The van der Waals surface area contributed by atoms with E-state index in [2.05, 4.69) is 41.2 Å². The zero-order chi connectivity index (χ0) is 12.7. The SMILES string of the molecule is Cc1ccc(-c2ncnc3c2cc(Cl)n3C)cc1. The molecule has 0 bridgehead atoms. The number of aryl methyl sites for hydroxylation is 2. The zero-order valence-corrected chi connectivity index (χ0v) is 10.9. The van der Waals surface area contributed by atoms with Crippen LogP contribution in [0.2, 0.25) is 5.15 Å². The average molecular weight is 258 g/mol. The molecule has 0 atom stereocenters. The van der Waals surface area contributed by atoms with Gasteiger partial charge in [-0.2, -0.15) is 0 Å². The van der Waals surface area contributed by atoms with E-state index in [0.717, 1.165) is 22.3 Å². The molecule has 18 heavy (non-hydrogen) atoms. The minimum absolute atomic E-state index is 0.666. The van der Waals surface area contributed by atoms with Crippen LogP contribution < -0.4 is 0 Å². The van der Waals surface area contributed by atoms with Crippen LogP contribution in [-0.4, -0.2) is 14.5 Å². The number of hydrogen-bond acceptors (Lipinski definition) is 2. The number of rotatable bonds is 1. The predicted molar refractivity (Wildman–Crippen MR) is 73.7 cm³/mol. The lowest BCUT2D eigenvalue weighted by Gasteiger charge is -2.03. The minimum Gasteiger partial charge on any atom is -0.319 e. The van der Waals surface area contributed by atoms with Gasteiger partial charge in [0.25, 0.3) is 0 Å². The standard InChI is InChI=1S/C14H12ClN3/c1-9-3-5-10(6-4-9)13-11-7-12(15)18(2)14(11)17-8-16-13/h3-8H,1-2H3. The van der Waals surface area contributed by atoms with Crippen molar-refractivity contribution in [3.05, 3.63) is 47.4 Å². The maximum atomic E-state index is 6.13. The van der Waals surface area contributed by atoms with Crippen LogP contribution in [-0.2, 0) is 7.05 Å². The Morgan fingerprint density at radius 1 is 1.11 bits per heavy atom. The number of aromatic nitrogens is 3. The largest absolute Gasteiger partial charge is 0.319 e. The number of nitrogens with zero attached hydrogens (tertiary/aromatic N) is 3. The first kappa shape index (κ1) is 11.2. The minimum atomic E-state index is 0.666. The Morgan fingerprint density at radius 3 is 2.56 bits per heavy atom. The monoisotopic (exact) mass is 257 g/mol. The summed E-state index contributed by atoms with van der Waals surface area (Å²) in [5.74, 6) is 0. The van der Waals surface area contributed by atoms with Gasteiger partial charge in [0.05, 0.1) is 5.69 Å². The van der Waals surface area contributed by atoms with Gasteiger partial charge in [-0.1, -0.05) is 41.4 Å². The number of hydrogen-bond donors (Lipinski definition) is 0. The van der Waals surface area contributed by atoms with E-state index in [-0.39, 0.29) is 0 Å². The Balaban J connectivity index is 2.29. The van der Waals surface area contributed by atoms with Crippen molar-refractivity contribution in [1.82, 2.24) is 14.5 Å². The predicted octanol–water partition coefficient (Wildman–Crippen LogP) is 3.60. The maximum Gasteiger partial charge on any atom is 0.144 e. The third-order valence-corrected chi connectivity index (χ3v) is 3.45. The lowest BCUT2D eigenvalue weighted by atomic mass is 10.1. The quantitative estimate of drug-likeness (QED) is 0.667. The third kappa shape index (κ3) is 1.68. The van der Waals surface area contributed by atoms with Crippen LogP contribution in [0.3, 0.4) is 0 Å². The second kappa shape index (κ2) is 4.10. The molecule has 0 saturated heterocycles. The molecule has 0 aliphatic heterocycles. The normalized spacial score (nSPS) is 11.1. The van der Waals surface area contributed by atoms with Gasteiger partial charge in [-0.15, -0.1) is 0 Å². The zero-order valence-electron chi connectivity index (χ0n) is 10.2. The molecule has 0 fully saturated rings. The second-order valence-electron chi connectivity index (χ2n) is 4.35. The lowest BCUT2D eigenvalue weighted by molar-refractivity contribution is 0.945. The van der Waals surface area contributed by atoms with E-state index in [0.29, 0.717) is 5.15 Å². The van der Waals surface area contributed by atoms with Crippen molar-refractivity contribution < 1.29 is 0 Å². The van der Waals surface area contributed by atoms with Crippen LogP contribution in [0.1, 0.15) is 5.56 Å². The van der Waals surface area contributed by atoms with Crippen molar-refractivity contribution in [2.45, 2.75) is 6.92 Å². The smallest absolute Gasteiger partial charge is 0.144 e. The van der Waals surface area contributed by atoms with E-state index in [1.807, 2.05) is 17.7 Å². The Hall–Kier alpha value is -1.87. The molecule has 0 unspecified atom stereocenters.